The summed E-state index contributed by atoms with van der Waals surface area (Å²) in [6, 6.07) is 12.5. The van der Waals surface area contributed by atoms with Crippen molar-refractivity contribution in [2.24, 2.45) is 0 Å². The summed E-state index contributed by atoms with van der Waals surface area (Å²) >= 11 is 0. The third kappa shape index (κ3) is 3.40. The van der Waals surface area contributed by atoms with Crippen LogP contribution in [0.3, 0.4) is 0 Å². The molecule has 1 aliphatic rings. The standard InChI is InChI=1S/C22H18F2N2O3/c1-25-22(27)20-16-9-13(15-10-19(28-2)26-11-17(15)24)5-8-18(16)29-21(20)12-3-6-14(23)7-4-12/h3-11,20-21H,1-2H3,(H,25,27). The number of nitrogens with one attached hydrogen (secondary N) is 1. The Morgan fingerprint density at radius 2 is 1.90 bits per heavy atom. The molecule has 0 spiro atoms. The van der Waals surface area contributed by atoms with Crippen LogP contribution < -0.4 is 14.8 Å². The van der Waals surface area contributed by atoms with Gasteiger partial charge in [-0.1, -0.05) is 18.2 Å². The van der Waals surface area contributed by atoms with Crippen LogP contribution in [0.4, 0.5) is 8.78 Å². The molecule has 2 aromatic carbocycles. The van der Waals surface area contributed by atoms with E-state index in [1.807, 2.05) is 0 Å². The molecule has 0 aliphatic carbocycles. The van der Waals surface area contributed by atoms with Crippen molar-refractivity contribution in [2.75, 3.05) is 14.2 Å². The second kappa shape index (κ2) is 7.50. The van der Waals surface area contributed by atoms with Crippen molar-refractivity contribution in [3.8, 4) is 22.8 Å². The van der Waals surface area contributed by atoms with Crippen molar-refractivity contribution in [1.82, 2.24) is 10.3 Å². The van der Waals surface area contributed by atoms with Gasteiger partial charge in [0.1, 0.15) is 29.4 Å². The van der Waals surface area contributed by atoms with Crippen molar-refractivity contribution < 1.29 is 23.0 Å². The van der Waals surface area contributed by atoms with Crippen LogP contribution in [0.5, 0.6) is 11.6 Å². The molecule has 0 saturated heterocycles. The average Bonchev–Trinajstić information content (AvgIpc) is 3.12. The van der Waals surface area contributed by atoms with E-state index in [-0.39, 0.29) is 17.6 Å². The SMILES string of the molecule is CNC(=O)C1c2cc(-c3cc(OC)ncc3F)ccc2OC1c1ccc(F)cc1. The second-order valence-corrected chi connectivity index (χ2v) is 6.64. The summed E-state index contributed by atoms with van der Waals surface area (Å²) in [4.78, 5) is 16.5. The van der Waals surface area contributed by atoms with Crippen LogP contribution in [-0.4, -0.2) is 25.0 Å². The highest BCUT2D eigenvalue weighted by Crippen LogP contribution is 2.47. The van der Waals surface area contributed by atoms with Gasteiger partial charge < -0.3 is 14.8 Å². The summed E-state index contributed by atoms with van der Waals surface area (Å²) in [5, 5.41) is 2.65. The van der Waals surface area contributed by atoms with Crippen molar-refractivity contribution in [1.29, 1.82) is 0 Å². The van der Waals surface area contributed by atoms with Gasteiger partial charge in [0.15, 0.2) is 0 Å². The van der Waals surface area contributed by atoms with Crippen LogP contribution in [0.1, 0.15) is 23.1 Å². The van der Waals surface area contributed by atoms with Gasteiger partial charge in [0.25, 0.3) is 0 Å². The van der Waals surface area contributed by atoms with Gasteiger partial charge >= 0.3 is 0 Å². The quantitative estimate of drug-likeness (QED) is 0.724. The molecule has 148 valence electrons. The van der Waals surface area contributed by atoms with Gasteiger partial charge in [-0.2, -0.15) is 0 Å². The Bertz CT molecular complexity index is 1070. The minimum atomic E-state index is -0.660. The third-order valence-corrected chi connectivity index (χ3v) is 4.98. The number of aromatic nitrogens is 1. The maximum atomic E-state index is 14.4. The molecule has 2 heterocycles. The molecule has 1 amide bonds. The van der Waals surface area contributed by atoms with E-state index in [0.717, 1.165) is 6.20 Å². The van der Waals surface area contributed by atoms with Gasteiger partial charge in [0.2, 0.25) is 11.8 Å². The fourth-order valence-electron chi connectivity index (χ4n) is 3.53. The van der Waals surface area contributed by atoms with Crippen LogP contribution >= 0.6 is 0 Å². The first-order chi connectivity index (χ1) is 14.0. The molecule has 3 aromatic rings. The summed E-state index contributed by atoms with van der Waals surface area (Å²) in [5.74, 6) is -0.972. The predicted octanol–water partition coefficient (Wildman–Crippen LogP) is 4.00. The normalized spacial score (nSPS) is 17.4. The van der Waals surface area contributed by atoms with Gasteiger partial charge in [0, 0.05) is 24.2 Å². The van der Waals surface area contributed by atoms with Crippen molar-refractivity contribution in [2.45, 2.75) is 12.0 Å². The zero-order valence-corrected chi connectivity index (χ0v) is 15.8. The molecular formula is C22H18F2N2O3. The van der Waals surface area contributed by atoms with E-state index >= 15 is 0 Å². The van der Waals surface area contributed by atoms with E-state index in [4.69, 9.17) is 9.47 Å². The summed E-state index contributed by atoms with van der Waals surface area (Å²) in [5.41, 5.74) is 2.18. The van der Waals surface area contributed by atoms with Crippen molar-refractivity contribution >= 4 is 5.91 Å². The molecule has 0 bridgehead atoms. The Morgan fingerprint density at radius 1 is 1.14 bits per heavy atom. The number of pyridine rings is 1. The van der Waals surface area contributed by atoms with Crippen LogP contribution in [-0.2, 0) is 4.79 Å². The predicted molar refractivity (Wildman–Crippen MR) is 103 cm³/mol. The highest BCUT2D eigenvalue weighted by atomic mass is 19.1. The molecule has 1 N–H and O–H groups in total. The summed E-state index contributed by atoms with van der Waals surface area (Å²) in [6.45, 7) is 0. The van der Waals surface area contributed by atoms with E-state index < -0.39 is 17.8 Å². The molecule has 0 radical (unpaired) electrons. The summed E-state index contributed by atoms with van der Waals surface area (Å²) in [7, 11) is 2.99. The number of amides is 1. The van der Waals surface area contributed by atoms with Crippen LogP contribution in [0.2, 0.25) is 0 Å². The molecule has 1 aliphatic heterocycles. The maximum Gasteiger partial charge on any atom is 0.231 e. The highest BCUT2D eigenvalue weighted by Gasteiger charge is 2.40. The number of fused-ring (bicyclic) bond motifs is 1. The van der Waals surface area contributed by atoms with Gasteiger partial charge in [-0.25, -0.2) is 13.8 Å². The van der Waals surface area contributed by atoms with Crippen LogP contribution in [0.25, 0.3) is 11.1 Å². The fourth-order valence-corrected chi connectivity index (χ4v) is 3.53. The molecule has 5 nitrogen and oxygen atoms in total. The van der Waals surface area contributed by atoms with E-state index in [9.17, 15) is 13.6 Å². The zero-order chi connectivity index (χ0) is 20.5. The molecule has 2 atom stereocenters. The largest absolute Gasteiger partial charge is 0.484 e. The summed E-state index contributed by atoms with van der Waals surface area (Å²) in [6.07, 6.45) is 0.479. The molecule has 29 heavy (non-hydrogen) atoms. The second-order valence-electron chi connectivity index (χ2n) is 6.64. The topological polar surface area (TPSA) is 60.5 Å². The molecule has 0 saturated carbocycles. The minimum absolute atomic E-state index is 0.247. The highest BCUT2D eigenvalue weighted by molar-refractivity contribution is 5.87. The van der Waals surface area contributed by atoms with Gasteiger partial charge in [-0.3, -0.25) is 4.79 Å². The Hall–Kier alpha value is -3.48. The van der Waals surface area contributed by atoms with E-state index in [1.54, 1.807) is 37.4 Å². The molecule has 0 fully saturated rings. The van der Waals surface area contributed by atoms with Crippen LogP contribution in [0, 0.1) is 11.6 Å². The number of hydrogen-bond donors (Lipinski definition) is 1. The Morgan fingerprint density at radius 3 is 2.59 bits per heavy atom. The summed E-state index contributed by atoms with van der Waals surface area (Å²) < 4.78 is 38.8. The number of rotatable bonds is 4. The monoisotopic (exact) mass is 396 g/mol. The molecule has 4 rings (SSSR count). The van der Waals surface area contributed by atoms with E-state index in [2.05, 4.69) is 10.3 Å². The first-order valence-electron chi connectivity index (χ1n) is 8.99. The zero-order valence-electron chi connectivity index (χ0n) is 15.8. The first-order valence-corrected chi connectivity index (χ1v) is 8.99. The number of halogens is 2. The van der Waals surface area contributed by atoms with Gasteiger partial charge in [0.05, 0.1) is 13.3 Å². The van der Waals surface area contributed by atoms with E-state index in [0.29, 0.717) is 28.0 Å². The number of methoxy groups -OCH3 is 1. The number of benzene rings is 2. The Labute approximate surface area is 166 Å². The third-order valence-electron chi connectivity index (χ3n) is 4.98. The Kier molecular flexibility index (Phi) is 4.88. The molecule has 7 heteroatoms. The van der Waals surface area contributed by atoms with Gasteiger partial charge in [-0.15, -0.1) is 0 Å². The van der Waals surface area contributed by atoms with Crippen molar-refractivity contribution in [3.05, 3.63) is 77.5 Å². The van der Waals surface area contributed by atoms with Crippen molar-refractivity contribution in [3.63, 3.8) is 0 Å². The average molecular weight is 396 g/mol. The fraction of sp³-hybridized carbons (Fsp3) is 0.182. The lowest BCUT2D eigenvalue weighted by Gasteiger charge is -2.18. The number of carbonyl (C=O) groups excluding carboxylic acids is 1. The molecule has 1 aromatic heterocycles. The number of carbonyl (C=O) groups is 1. The number of ether oxygens (including phenoxy) is 2. The van der Waals surface area contributed by atoms with E-state index in [1.165, 1.54) is 25.3 Å². The number of nitrogens with zero attached hydrogens (tertiary/aromatic N) is 1. The Balaban J connectivity index is 1.79. The van der Waals surface area contributed by atoms with Gasteiger partial charge in [-0.05, 0) is 35.4 Å². The first kappa shape index (κ1) is 18.9. The lowest BCUT2D eigenvalue weighted by molar-refractivity contribution is -0.123. The molecule has 2 unspecified atom stereocenters. The smallest absolute Gasteiger partial charge is 0.231 e. The number of hydrogen-bond acceptors (Lipinski definition) is 4. The maximum absolute atomic E-state index is 14.4. The minimum Gasteiger partial charge on any atom is -0.484 e. The lowest BCUT2D eigenvalue weighted by atomic mass is 9.88. The lowest BCUT2D eigenvalue weighted by Crippen LogP contribution is -2.28. The molecular weight excluding hydrogens is 378 g/mol. The number of likely N-dealkylation sites (N-methyl/N-ethyl adjacent to an activating group) is 1. The van der Waals surface area contributed by atoms with Crippen LogP contribution in [0.15, 0.2) is 54.7 Å².